The normalized spacial score (nSPS) is 20.7. The maximum atomic E-state index is 12.6. The highest BCUT2D eigenvalue weighted by atomic mass is 32.1. The van der Waals surface area contributed by atoms with Crippen molar-refractivity contribution in [1.82, 2.24) is 10.3 Å². The van der Waals surface area contributed by atoms with Gasteiger partial charge in [0.1, 0.15) is 5.75 Å². The third-order valence-corrected chi connectivity index (χ3v) is 6.22. The number of carbonyl (C=O) groups excluding carboxylic acids is 1. The van der Waals surface area contributed by atoms with E-state index in [4.69, 9.17) is 4.74 Å². The van der Waals surface area contributed by atoms with E-state index >= 15 is 0 Å². The number of carbonyl (C=O) groups is 1. The van der Waals surface area contributed by atoms with E-state index in [1.165, 1.54) is 11.3 Å². The maximum absolute atomic E-state index is 12.6. The monoisotopic (exact) mass is 371 g/mol. The largest absolute Gasteiger partial charge is 0.494 e. The van der Waals surface area contributed by atoms with Crippen LogP contribution in [0, 0.1) is 11.3 Å². The highest BCUT2D eigenvalue weighted by Gasteiger charge is 2.57. The van der Waals surface area contributed by atoms with Gasteiger partial charge in [-0.05, 0) is 68.5 Å². The minimum absolute atomic E-state index is 0.135. The second-order valence-electron chi connectivity index (χ2n) is 7.27. The molecule has 1 aromatic heterocycles. The number of hydrogen-bond acceptors (Lipinski definition) is 5. The zero-order valence-electron chi connectivity index (χ0n) is 15.1. The van der Waals surface area contributed by atoms with Crippen molar-refractivity contribution in [2.45, 2.75) is 32.6 Å². The fourth-order valence-corrected chi connectivity index (χ4v) is 4.52. The Hall–Kier alpha value is -1.92. The first kappa shape index (κ1) is 17.5. The van der Waals surface area contributed by atoms with Gasteiger partial charge >= 0.3 is 0 Å². The van der Waals surface area contributed by atoms with Crippen molar-refractivity contribution >= 4 is 22.4 Å². The molecule has 0 radical (unpaired) electrons. The molecule has 1 unspecified atom stereocenters. The molecule has 2 aromatic rings. The molecule has 2 N–H and O–H groups in total. The molecule has 1 aliphatic carbocycles. The molecule has 1 aliphatic heterocycles. The molecule has 1 amide bonds. The Balaban J connectivity index is 1.36. The average Bonchev–Trinajstić information content (AvgIpc) is 3.15. The molecule has 1 spiro atoms. The first-order valence-corrected chi connectivity index (χ1v) is 10.3. The van der Waals surface area contributed by atoms with E-state index < -0.39 is 0 Å². The van der Waals surface area contributed by atoms with E-state index in [1.54, 1.807) is 0 Å². The van der Waals surface area contributed by atoms with Gasteiger partial charge in [-0.25, -0.2) is 4.98 Å². The van der Waals surface area contributed by atoms with Crippen LogP contribution in [0.5, 0.6) is 5.75 Å². The standard InChI is InChI=1S/C20H25N3O2S/c1-2-11-25-15-5-3-14(4-6-15)17-13-26-19(22-17)23-18(24)16-12-20(16)7-9-21-10-8-20/h3-6,13,16,21H,2,7-12H2,1H3,(H,22,23,24). The van der Waals surface area contributed by atoms with Gasteiger partial charge in [-0.2, -0.15) is 0 Å². The zero-order valence-corrected chi connectivity index (χ0v) is 15.9. The van der Waals surface area contributed by atoms with Gasteiger partial charge in [0.2, 0.25) is 5.91 Å². The number of nitrogens with one attached hydrogen (secondary N) is 2. The van der Waals surface area contributed by atoms with Crippen LogP contribution in [-0.4, -0.2) is 30.6 Å². The second-order valence-corrected chi connectivity index (χ2v) is 8.13. The molecule has 2 aliphatic rings. The van der Waals surface area contributed by atoms with Crippen LogP contribution in [0.1, 0.15) is 32.6 Å². The number of benzene rings is 1. The Bertz CT molecular complexity index is 766. The van der Waals surface area contributed by atoms with Crippen molar-refractivity contribution in [1.29, 1.82) is 0 Å². The van der Waals surface area contributed by atoms with Gasteiger partial charge in [-0.1, -0.05) is 6.92 Å². The smallest absolute Gasteiger partial charge is 0.229 e. The molecular weight excluding hydrogens is 346 g/mol. The van der Waals surface area contributed by atoms with E-state index in [0.29, 0.717) is 5.13 Å². The summed E-state index contributed by atoms with van der Waals surface area (Å²) in [7, 11) is 0. The molecule has 1 aromatic carbocycles. The summed E-state index contributed by atoms with van der Waals surface area (Å²) >= 11 is 1.48. The molecule has 2 fully saturated rings. The summed E-state index contributed by atoms with van der Waals surface area (Å²) in [6, 6.07) is 7.95. The van der Waals surface area contributed by atoms with Crippen LogP contribution >= 0.6 is 11.3 Å². The Morgan fingerprint density at radius 2 is 2.12 bits per heavy atom. The number of ether oxygens (including phenoxy) is 1. The van der Waals surface area contributed by atoms with Crippen molar-refractivity contribution < 1.29 is 9.53 Å². The molecular formula is C20H25N3O2S. The number of anilines is 1. The predicted octanol–water partition coefficient (Wildman–Crippen LogP) is 3.93. The van der Waals surface area contributed by atoms with E-state index in [2.05, 4.69) is 22.5 Å². The summed E-state index contributed by atoms with van der Waals surface area (Å²) in [5, 5.41) is 9.08. The van der Waals surface area contributed by atoms with Gasteiger partial charge in [0.25, 0.3) is 0 Å². The molecule has 5 nitrogen and oxygen atoms in total. The number of amides is 1. The highest BCUT2D eigenvalue weighted by Crippen LogP contribution is 2.58. The summed E-state index contributed by atoms with van der Waals surface area (Å²) in [4.78, 5) is 17.1. The number of nitrogens with zero attached hydrogens (tertiary/aromatic N) is 1. The van der Waals surface area contributed by atoms with Crippen LogP contribution < -0.4 is 15.4 Å². The number of aromatic nitrogens is 1. The Kier molecular flexibility index (Phi) is 4.96. The van der Waals surface area contributed by atoms with Crippen LogP contribution in [0.2, 0.25) is 0 Å². The predicted molar refractivity (Wildman–Crippen MR) is 105 cm³/mol. The number of thiazole rings is 1. The summed E-state index contributed by atoms with van der Waals surface area (Å²) < 4.78 is 5.61. The molecule has 1 saturated carbocycles. The van der Waals surface area contributed by atoms with E-state index in [0.717, 1.165) is 62.4 Å². The highest BCUT2D eigenvalue weighted by molar-refractivity contribution is 7.14. The van der Waals surface area contributed by atoms with Gasteiger partial charge in [0.05, 0.1) is 12.3 Å². The quantitative estimate of drug-likeness (QED) is 0.808. The lowest BCUT2D eigenvalue weighted by molar-refractivity contribution is -0.118. The lowest BCUT2D eigenvalue weighted by atomic mass is 9.92. The molecule has 4 rings (SSSR count). The first-order chi connectivity index (χ1) is 12.7. The van der Waals surface area contributed by atoms with Gasteiger partial charge in [0, 0.05) is 16.9 Å². The summed E-state index contributed by atoms with van der Waals surface area (Å²) in [5.74, 6) is 1.17. The van der Waals surface area contributed by atoms with Crippen molar-refractivity contribution in [3.05, 3.63) is 29.6 Å². The maximum Gasteiger partial charge on any atom is 0.229 e. The van der Waals surface area contributed by atoms with Crippen molar-refractivity contribution in [3.8, 4) is 17.0 Å². The van der Waals surface area contributed by atoms with E-state index in [1.807, 2.05) is 29.6 Å². The molecule has 0 bridgehead atoms. The topological polar surface area (TPSA) is 63.2 Å². The van der Waals surface area contributed by atoms with Crippen molar-refractivity contribution in [3.63, 3.8) is 0 Å². The third kappa shape index (κ3) is 3.62. The van der Waals surface area contributed by atoms with Gasteiger partial charge in [-0.15, -0.1) is 11.3 Å². The van der Waals surface area contributed by atoms with E-state index in [-0.39, 0.29) is 17.2 Å². The number of hydrogen-bond donors (Lipinski definition) is 2. The molecule has 1 atom stereocenters. The Morgan fingerprint density at radius 3 is 2.85 bits per heavy atom. The SMILES string of the molecule is CCCOc1ccc(-c2csc(NC(=O)C3CC34CCNCC4)n2)cc1. The fraction of sp³-hybridized carbons (Fsp3) is 0.500. The lowest BCUT2D eigenvalue weighted by Gasteiger charge is -2.22. The zero-order chi connectivity index (χ0) is 18.0. The first-order valence-electron chi connectivity index (χ1n) is 9.40. The molecule has 2 heterocycles. The summed E-state index contributed by atoms with van der Waals surface area (Å²) in [6.07, 6.45) is 4.25. The summed E-state index contributed by atoms with van der Waals surface area (Å²) in [6.45, 7) is 4.88. The van der Waals surface area contributed by atoms with Crippen LogP contribution in [0.3, 0.4) is 0 Å². The minimum atomic E-state index is 0.135. The third-order valence-electron chi connectivity index (χ3n) is 5.46. The molecule has 26 heavy (non-hydrogen) atoms. The second kappa shape index (κ2) is 7.37. The number of piperidine rings is 1. The van der Waals surface area contributed by atoms with Crippen LogP contribution in [0.15, 0.2) is 29.6 Å². The molecule has 6 heteroatoms. The summed E-state index contributed by atoms with van der Waals surface area (Å²) in [5.41, 5.74) is 2.18. The number of rotatable bonds is 6. The Morgan fingerprint density at radius 1 is 1.35 bits per heavy atom. The minimum Gasteiger partial charge on any atom is -0.494 e. The van der Waals surface area contributed by atoms with Crippen LogP contribution in [-0.2, 0) is 4.79 Å². The fourth-order valence-electron chi connectivity index (χ4n) is 3.79. The Labute approximate surface area is 158 Å². The average molecular weight is 372 g/mol. The van der Waals surface area contributed by atoms with Gasteiger partial charge in [0.15, 0.2) is 5.13 Å². The van der Waals surface area contributed by atoms with Crippen molar-refractivity contribution in [2.75, 3.05) is 25.0 Å². The lowest BCUT2D eigenvalue weighted by Crippen LogP contribution is -2.31. The van der Waals surface area contributed by atoms with Gasteiger partial charge < -0.3 is 15.4 Å². The van der Waals surface area contributed by atoms with E-state index in [9.17, 15) is 4.79 Å². The van der Waals surface area contributed by atoms with Crippen molar-refractivity contribution in [2.24, 2.45) is 11.3 Å². The molecule has 1 saturated heterocycles. The van der Waals surface area contributed by atoms with Crippen LogP contribution in [0.25, 0.3) is 11.3 Å². The van der Waals surface area contributed by atoms with Crippen LogP contribution in [0.4, 0.5) is 5.13 Å². The van der Waals surface area contributed by atoms with Gasteiger partial charge in [-0.3, -0.25) is 4.79 Å². The molecule has 138 valence electrons.